The van der Waals surface area contributed by atoms with Crippen LogP contribution in [0.2, 0.25) is 0 Å². The zero-order valence-electron chi connectivity index (χ0n) is 20.5. The number of aryl methyl sites for hydroxylation is 1. The Hall–Kier alpha value is -3.98. The van der Waals surface area contributed by atoms with Crippen LogP contribution >= 0.6 is 11.8 Å². The average Bonchev–Trinajstić information content (AvgIpc) is 3.28. The van der Waals surface area contributed by atoms with Crippen molar-refractivity contribution < 1.29 is 9.59 Å². The standard InChI is InChI=1S/C27H26N6O2S/c1-17-10-5-7-13-21(17)32-23(19-11-9-15-28-16-19)30-31-26(32)36-18(2)24(34)33-22-14-8-6-12-20(22)29-25(35)27(33,3)4/h5-16,18H,1-4H3,(H,29,35). The lowest BCUT2D eigenvalue weighted by atomic mass is 9.96. The summed E-state index contributed by atoms with van der Waals surface area (Å²) in [4.78, 5) is 32.6. The van der Waals surface area contributed by atoms with Gasteiger partial charge in [-0.05, 0) is 63.6 Å². The number of thioether (sulfide) groups is 1. The zero-order valence-corrected chi connectivity index (χ0v) is 21.3. The predicted octanol–water partition coefficient (Wildman–Crippen LogP) is 4.88. The molecule has 0 saturated carbocycles. The van der Waals surface area contributed by atoms with E-state index in [1.165, 1.54) is 11.8 Å². The molecule has 0 fully saturated rings. The van der Waals surface area contributed by atoms with Crippen LogP contribution < -0.4 is 10.2 Å². The van der Waals surface area contributed by atoms with Crippen LogP contribution in [0, 0.1) is 6.92 Å². The molecule has 2 amide bonds. The minimum atomic E-state index is -1.05. The maximum atomic E-state index is 13.9. The Kier molecular flexibility index (Phi) is 6.09. The van der Waals surface area contributed by atoms with E-state index in [0.717, 1.165) is 16.8 Å². The van der Waals surface area contributed by atoms with Gasteiger partial charge in [0.1, 0.15) is 5.54 Å². The first-order chi connectivity index (χ1) is 17.3. The van der Waals surface area contributed by atoms with E-state index in [2.05, 4.69) is 20.5 Å². The topological polar surface area (TPSA) is 93.0 Å². The van der Waals surface area contributed by atoms with Crippen LogP contribution in [0.5, 0.6) is 0 Å². The molecule has 2 aromatic heterocycles. The van der Waals surface area contributed by atoms with Crippen molar-refractivity contribution in [1.29, 1.82) is 0 Å². The fourth-order valence-corrected chi connectivity index (χ4v) is 5.20. The first-order valence-electron chi connectivity index (χ1n) is 11.6. The smallest absolute Gasteiger partial charge is 0.250 e. The number of rotatable bonds is 5. The van der Waals surface area contributed by atoms with Gasteiger partial charge in [0.15, 0.2) is 11.0 Å². The van der Waals surface area contributed by atoms with Gasteiger partial charge in [0.2, 0.25) is 11.8 Å². The molecule has 1 unspecified atom stereocenters. The number of carbonyl (C=O) groups is 2. The van der Waals surface area contributed by atoms with Crippen molar-refractivity contribution in [3.05, 3.63) is 78.6 Å². The van der Waals surface area contributed by atoms with E-state index in [-0.39, 0.29) is 11.8 Å². The highest BCUT2D eigenvalue weighted by Crippen LogP contribution is 2.39. The highest BCUT2D eigenvalue weighted by molar-refractivity contribution is 8.00. The first-order valence-corrected chi connectivity index (χ1v) is 12.5. The summed E-state index contributed by atoms with van der Waals surface area (Å²) in [6.45, 7) is 7.36. The third-order valence-electron chi connectivity index (χ3n) is 6.27. The van der Waals surface area contributed by atoms with E-state index in [1.54, 1.807) is 37.2 Å². The lowest BCUT2D eigenvalue weighted by Gasteiger charge is -2.43. The zero-order chi connectivity index (χ0) is 25.4. The number of aromatic nitrogens is 4. The molecule has 3 heterocycles. The number of benzene rings is 2. The van der Waals surface area contributed by atoms with E-state index in [9.17, 15) is 9.59 Å². The summed E-state index contributed by atoms with van der Waals surface area (Å²) < 4.78 is 1.96. The van der Waals surface area contributed by atoms with Crippen molar-refractivity contribution in [2.75, 3.05) is 10.2 Å². The third kappa shape index (κ3) is 4.05. The Morgan fingerprint density at radius 3 is 2.44 bits per heavy atom. The summed E-state index contributed by atoms with van der Waals surface area (Å²) in [5.74, 6) is 0.228. The van der Waals surface area contributed by atoms with Gasteiger partial charge in [-0.2, -0.15) is 0 Å². The predicted molar refractivity (Wildman–Crippen MR) is 141 cm³/mol. The van der Waals surface area contributed by atoms with Crippen molar-refractivity contribution in [3.63, 3.8) is 0 Å². The molecule has 9 heteroatoms. The Labute approximate surface area is 213 Å². The molecule has 4 aromatic rings. The largest absolute Gasteiger partial charge is 0.322 e. The number of hydrogen-bond donors (Lipinski definition) is 1. The molecule has 2 aromatic carbocycles. The molecule has 1 atom stereocenters. The van der Waals surface area contributed by atoms with Crippen LogP contribution in [0.25, 0.3) is 17.1 Å². The van der Waals surface area contributed by atoms with E-state index >= 15 is 0 Å². The summed E-state index contributed by atoms with van der Waals surface area (Å²) in [6.07, 6.45) is 3.45. The molecular weight excluding hydrogens is 472 g/mol. The molecule has 0 bridgehead atoms. The molecule has 1 N–H and O–H groups in total. The van der Waals surface area contributed by atoms with Gasteiger partial charge in [-0.1, -0.05) is 42.1 Å². The summed E-state index contributed by atoms with van der Waals surface area (Å²) >= 11 is 1.31. The minimum absolute atomic E-state index is 0.186. The van der Waals surface area contributed by atoms with Crippen molar-refractivity contribution in [3.8, 4) is 17.1 Å². The van der Waals surface area contributed by atoms with Crippen molar-refractivity contribution >= 4 is 35.0 Å². The lowest BCUT2D eigenvalue weighted by Crippen LogP contribution is -2.60. The number of fused-ring (bicyclic) bond motifs is 1. The number of carbonyl (C=O) groups excluding carboxylic acids is 2. The van der Waals surface area contributed by atoms with Crippen molar-refractivity contribution in [2.24, 2.45) is 0 Å². The second-order valence-electron chi connectivity index (χ2n) is 9.13. The van der Waals surface area contributed by atoms with E-state index in [0.29, 0.717) is 22.4 Å². The van der Waals surface area contributed by atoms with Crippen LogP contribution in [0.4, 0.5) is 11.4 Å². The minimum Gasteiger partial charge on any atom is -0.322 e. The monoisotopic (exact) mass is 498 g/mol. The molecule has 1 aliphatic heterocycles. The Morgan fingerprint density at radius 1 is 1.00 bits per heavy atom. The molecule has 8 nitrogen and oxygen atoms in total. The van der Waals surface area contributed by atoms with Gasteiger partial charge < -0.3 is 5.32 Å². The summed E-state index contributed by atoms with van der Waals surface area (Å²) in [7, 11) is 0. The first kappa shape index (κ1) is 23.7. The average molecular weight is 499 g/mol. The summed E-state index contributed by atoms with van der Waals surface area (Å²) in [6, 6.07) is 19.1. The van der Waals surface area contributed by atoms with Crippen LogP contribution in [0.1, 0.15) is 26.3 Å². The van der Waals surface area contributed by atoms with Crippen LogP contribution in [0.15, 0.2) is 78.2 Å². The van der Waals surface area contributed by atoms with Crippen molar-refractivity contribution in [2.45, 2.75) is 43.6 Å². The summed E-state index contributed by atoms with van der Waals surface area (Å²) in [5, 5.41) is 11.9. The Bertz CT molecular complexity index is 1450. The maximum Gasteiger partial charge on any atom is 0.250 e. The highest BCUT2D eigenvalue weighted by Gasteiger charge is 2.45. The molecule has 0 spiro atoms. The van der Waals surface area contributed by atoms with Crippen LogP contribution in [0.3, 0.4) is 0 Å². The number of pyridine rings is 1. The fraction of sp³-hybridized carbons (Fsp3) is 0.222. The molecule has 0 saturated heterocycles. The van der Waals surface area contributed by atoms with Gasteiger partial charge in [-0.3, -0.25) is 24.0 Å². The van der Waals surface area contributed by atoms with Crippen molar-refractivity contribution in [1.82, 2.24) is 19.7 Å². The number of amides is 2. The molecule has 182 valence electrons. The van der Waals surface area contributed by atoms with Gasteiger partial charge in [-0.15, -0.1) is 10.2 Å². The number of hydrogen-bond acceptors (Lipinski definition) is 6. The molecule has 0 aliphatic carbocycles. The van der Waals surface area contributed by atoms with Crippen LogP contribution in [-0.2, 0) is 9.59 Å². The number of anilines is 2. The van der Waals surface area contributed by atoms with E-state index < -0.39 is 10.8 Å². The van der Waals surface area contributed by atoms with Gasteiger partial charge in [0.25, 0.3) is 0 Å². The number of nitrogens with zero attached hydrogens (tertiary/aromatic N) is 5. The highest BCUT2D eigenvalue weighted by atomic mass is 32.2. The molecule has 1 aliphatic rings. The lowest BCUT2D eigenvalue weighted by molar-refractivity contribution is -0.126. The van der Waals surface area contributed by atoms with Gasteiger partial charge in [0, 0.05) is 18.0 Å². The van der Waals surface area contributed by atoms with E-state index in [4.69, 9.17) is 0 Å². The molecular formula is C27H26N6O2S. The van der Waals surface area contributed by atoms with E-state index in [1.807, 2.05) is 73.0 Å². The molecule has 0 radical (unpaired) electrons. The number of nitrogens with one attached hydrogen (secondary N) is 1. The second kappa shape index (κ2) is 9.23. The van der Waals surface area contributed by atoms with Crippen LogP contribution in [-0.4, -0.2) is 42.4 Å². The molecule has 36 heavy (non-hydrogen) atoms. The third-order valence-corrected chi connectivity index (χ3v) is 7.30. The Balaban J connectivity index is 1.54. The quantitative estimate of drug-likeness (QED) is 0.394. The summed E-state index contributed by atoms with van der Waals surface area (Å²) in [5.41, 5.74) is 3.04. The SMILES string of the molecule is Cc1ccccc1-n1c(SC(C)C(=O)N2c3ccccc3NC(=O)C2(C)C)nnc1-c1cccnc1. The second-order valence-corrected chi connectivity index (χ2v) is 10.4. The fourth-order valence-electron chi connectivity index (χ4n) is 4.30. The Morgan fingerprint density at radius 2 is 1.72 bits per heavy atom. The normalized spacial score (nSPS) is 15.2. The maximum absolute atomic E-state index is 13.9. The van der Waals surface area contributed by atoms with Gasteiger partial charge in [-0.25, -0.2) is 0 Å². The molecule has 5 rings (SSSR count). The van der Waals surface area contributed by atoms with Gasteiger partial charge >= 0.3 is 0 Å². The van der Waals surface area contributed by atoms with Gasteiger partial charge in [0.05, 0.1) is 22.3 Å². The number of para-hydroxylation sites is 3.